The van der Waals surface area contributed by atoms with Crippen LogP contribution in [0.1, 0.15) is 22.3 Å². The summed E-state index contributed by atoms with van der Waals surface area (Å²) in [4.78, 5) is 2.62. The van der Waals surface area contributed by atoms with Gasteiger partial charge in [0.15, 0.2) is 0 Å². The van der Waals surface area contributed by atoms with E-state index in [-0.39, 0.29) is 5.41 Å². The van der Waals surface area contributed by atoms with Crippen LogP contribution in [-0.2, 0) is 5.41 Å². The molecule has 0 N–H and O–H groups in total. The SMILES string of the molecule is C1=C(c2ccccc2)SC(c2ccccc2)=CC12c1ccccc1-c1ccccc12. The van der Waals surface area contributed by atoms with Gasteiger partial charge in [0.25, 0.3) is 0 Å². The third-order valence-electron chi connectivity index (χ3n) is 6.09. The van der Waals surface area contributed by atoms with Gasteiger partial charge in [-0.2, -0.15) is 0 Å². The van der Waals surface area contributed by atoms with Crippen molar-refractivity contribution in [3.63, 3.8) is 0 Å². The lowest BCUT2D eigenvalue weighted by Gasteiger charge is -2.32. The molecule has 0 fully saturated rings. The first-order chi connectivity index (χ1) is 14.9. The first-order valence-corrected chi connectivity index (χ1v) is 11.1. The minimum atomic E-state index is -0.255. The summed E-state index contributed by atoms with van der Waals surface area (Å²) in [6, 6.07) is 39.3. The van der Waals surface area contributed by atoms with Gasteiger partial charge in [-0.15, -0.1) is 0 Å². The van der Waals surface area contributed by atoms with Crippen molar-refractivity contribution in [2.45, 2.75) is 5.41 Å². The summed E-state index contributed by atoms with van der Waals surface area (Å²) in [6.45, 7) is 0. The van der Waals surface area contributed by atoms with E-state index in [1.54, 1.807) is 0 Å². The monoisotopic (exact) mass is 400 g/mol. The van der Waals surface area contributed by atoms with Crippen LogP contribution in [0.3, 0.4) is 0 Å². The van der Waals surface area contributed by atoms with Gasteiger partial charge in [0, 0.05) is 9.81 Å². The number of thioether (sulfide) groups is 1. The second kappa shape index (κ2) is 6.90. The van der Waals surface area contributed by atoms with Gasteiger partial charge in [0.2, 0.25) is 0 Å². The zero-order valence-electron chi connectivity index (χ0n) is 16.5. The first-order valence-electron chi connectivity index (χ1n) is 10.3. The standard InChI is InChI=1S/C29H20S/c1-3-11-21(12-4-1)27-19-29(20-28(30-27)22-13-5-2-6-14-22)25-17-9-7-15-23(25)24-16-8-10-18-26(24)29/h1-20H. The normalized spacial score (nSPS) is 15.9. The Morgan fingerprint density at radius 2 is 0.833 bits per heavy atom. The Bertz CT molecular complexity index is 1190. The molecule has 0 aromatic heterocycles. The van der Waals surface area contributed by atoms with Crippen LogP contribution in [-0.4, -0.2) is 0 Å². The quantitative estimate of drug-likeness (QED) is 0.331. The molecule has 0 saturated heterocycles. The Morgan fingerprint density at radius 1 is 0.433 bits per heavy atom. The molecule has 0 bridgehead atoms. The number of hydrogen-bond acceptors (Lipinski definition) is 1. The molecule has 1 aliphatic heterocycles. The topological polar surface area (TPSA) is 0 Å². The number of rotatable bonds is 2. The molecule has 4 aromatic rings. The van der Waals surface area contributed by atoms with Crippen molar-refractivity contribution >= 4 is 21.6 Å². The van der Waals surface area contributed by atoms with Crippen LogP contribution in [0, 0.1) is 0 Å². The Balaban J connectivity index is 1.67. The molecule has 6 rings (SSSR count). The summed E-state index contributed by atoms with van der Waals surface area (Å²) in [5, 5.41) is 0. The van der Waals surface area contributed by atoms with Crippen LogP contribution in [0.4, 0.5) is 0 Å². The highest BCUT2D eigenvalue weighted by atomic mass is 32.2. The lowest BCUT2D eigenvalue weighted by Crippen LogP contribution is -2.22. The molecule has 30 heavy (non-hydrogen) atoms. The Hall–Kier alpha value is -3.29. The fourth-order valence-corrected chi connectivity index (χ4v) is 5.97. The highest BCUT2D eigenvalue weighted by molar-refractivity contribution is 8.16. The third-order valence-corrected chi connectivity index (χ3v) is 7.24. The number of benzene rings is 4. The largest absolute Gasteiger partial charge is 0.0894 e. The van der Waals surface area contributed by atoms with E-state index in [9.17, 15) is 0 Å². The van der Waals surface area contributed by atoms with E-state index in [1.807, 2.05) is 11.8 Å². The zero-order chi connectivity index (χ0) is 20.0. The van der Waals surface area contributed by atoms with Crippen LogP contribution in [0.25, 0.3) is 20.9 Å². The molecule has 142 valence electrons. The highest BCUT2D eigenvalue weighted by Gasteiger charge is 2.42. The first kappa shape index (κ1) is 17.6. The summed E-state index contributed by atoms with van der Waals surface area (Å²) in [6.07, 6.45) is 4.95. The third kappa shape index (κ3) is 2.63. The van der Waals surface area contributed by atoms with Crippen molar-refractivity contribution in [1.29, 1.82) is 0 Å². The van der Waals surface area contributed by atoms with Crippen molar-refractivity contribution in [3.8, 4) is 11.1 Å². The maximum Gasteiger partial charge on any atom is 0.0602 e. The maximum atomic E-state index is 2.48. The lowest BCUT2D eigenvalue weighted by molar-refractivity contribution is 0.850. The summed E-state index contributed by atoms with van der Waals surface area (Å²) in [5.41, 5.74) is 7.70. The summed E-state index contributed by atoms with van der Waals surface area (Å²) in [5.74, 6) is 0. The predicted molar refractivity (Wildman–Crippen MR) is 129 cm³/mol. The maximum absolute atomic E-state index is 2.48. The van der Waals surface area contributed by atoms with Crippen LogP contribution < -0.4 is 0 Å². The average Bonchev–Trinajstić information content (AvgIpc) is 3.10. The fraction of sp³-hybridized carbons (Fsp3) is 0.0345. The van der Waals surface area contributed by atoms with Crippen molar-refractivity contribution in [2.24, 2.45) is 0 Å². The van der Waals surface area contributed by atoms with E-state index < -0.39 is 0 Å². The molecule has 1 heterocycles. The molecule has 4 aromatic carbocycles. The van der Waals surface area contributed by atoms with Crippen molar-refractivity contribution in [3.05, 3.63) is 144 Å². The Kier molecular flexibility index (Phi) is 4.04. The van der Waals surface area contributed by atoms with Crippen molar-refractivity contribution in [2.75, 3.05) is 0 Å². The van der Waals surface area contributed by atoms with Gasteiger partial charge in [-0.3, -0.25) is 0 Å². The summed E-state index contributed by atoms with van der Waals surface area (Å²) in [7, 11) is 0. The molecule has 2 aliphatic rings. The van der Waals surface area contributed by atoms with E-state index >= 15 is 0 Å². The molecular weight excluding hydrogens is 380 g/mol. The molecule has 0 atom stereocenters. The molecule has 1 heteroatoms. The van der Waals surface area contributed by atoms with Crippen LogP contribution >= 0.6 is 11.8 Å². The van der Waals surface area contributed by atoms with E-state index in [0.717, 1.165) is 0 Å². The zero-order valence-corrected chi connectivity index (χ0v) is 17.3. The minimum absolute atomic E-state index is 0.255. The highest BCUT2D eigenvalue weighted by Crippen LogP contribution is 2.57. The fourth-order valence-electron chi connectivity index (χ4n) is 4.74. The van der Waals surface area contributed by atoms with Crippen molar-refractivity contribution < 1.29 is 0 Å². The second-order valence-electron chi connectivity index (χ2n) is 7.81. The molecule has 0 nitrogen and oxygen atoms in total. The Labute approximate surface area is 181 Å². The van der Waals surface area contributed by atoms with E-state index in [1.165, 1.54) is 43.2 Å². The van der Waals surface area contributed by atoms with E-state index in [2.05, 4.69) is 121 Å². The van der Waals surface area contributed by atoms with E-state index in [0.29, 0.717) is 0 Å². The molecule has 0 amide bonds. The Morgan fingerprint density at radius 3 is 1.30 bits per heavy atom. The van der Waals surface area contributed by atoms with Crippen molar-refractivity contribution in [1.82, 2.24) is 0 Å². The van der Waals surface area contributed by atoms with Gasteiger partial charge in [-0.25, -0.2) is 0 Å². The van der Waals surface area contributed by atoms with Crippen LogP contribution in [0.5, 0.6) is 0 Å². The molecule has 0 radical (unpaired) electrons. The summed E-state index contributed by atoms with van der Waals surface area (Å²) < 4.78 is 0. The minimum Gasteiger partial charge on any atom is -0.0894 e. The van der Waals surface area contributed by atoms with Gasteiger partial charge < -0.3 is 0 Å². The van der Waals surface area contributed by atoms with Crippen LogP contribution in [0.2, 0.25) is 0 Å². The molecule has 1 spiro atoms. The number of fused-ring (bicyclic) bond motifs is 5. The molecule has 0 saturated carbocycles. The van der Waals surface area contributed by atoms with Gasteiger partial charge >= 0.3 is 0 Å². The molecule has 1 aliphatic carbocycles. The van der Waals surface area contributed by atoms with Gasteiger partial charge in [-0.05, 0) is 33.4 Å². The van der Waals surface area contributed by atoms with Gasteiger partial charge in [-0.1, -0.05) is 133 Å². The second-order valence-corrected chi connectivity index (χ2v) is 8.90. The van der Waals surface area contributed by atoms with Gasteiger partial charge in [0.05, 0.1) is 5.41 Å². The smallest absolute Gasteiger partial charge is 0.0602 e. The average molecular weight is 401 g/mol. The van der Waals surface area contributed by atoms with Gasteiger partial charge in [0.1, 0.15) is 0 Å². The molecule has 0 unspecified atom stereocenters. The number of hydrogen-bond donors (Lipinski definition) is 0. The number of allylic oxidation sites excluding steroid dienone is 2. The predicted octanol–water partition coefficient (Wildman–Crippen LogP) is 7.78. The molecular formula is C29H20S. The summed E-state index contributed by atoms with van der Waals surface area (Å²) >= 11 is 1.87. The van der Waals surface area contributed by atoms with E-state index in [4.69, 9.17) is 0 Å². The van der Waals surface area contributed by atoms with Crippen LogP contribution in [0.15, 0.2) is 121 Å². The lowest BCUT2D eigenvalue weighted by atomic mass is 9.76.